The van der Waals surface area contributed by atoms with Gasteiger partial charge in [0.1, 0.15) is 0 Å². The van der Waals surface area contributed by atoms with E-state index in [4.69, 9.17) is 0 Å². The van der Waals surface area contributed by atoms with E-state index < -0.39 is 27.7 Å². The number of carbonyl (C=O) groups is 1. The summed E-state index contributed by atoms with van der Waals surface area (Å²) in [5, 5.41) is 0. The zero-order valence-corrected chi connectivity index (χ0v) is 9.54. The van der Waals surface area contributed by atoms with Crippen molar-refractivity contribution in [1.82, 2.24) is 4.31 Å². The largest absolute Gasteiger partial charge is 0.469 e. The van der Waals surface area contributed by atoms with E-state index >= 15 is 0 Å². The van der Waals surface area contributed by atoms with Gasteiger partial charge in [0, 0.05) is 13.1 Å². The number of halogens is 2. The number of hydrogen-bond donors (Lipinski definition) is 0. The van der Waals surface area contributed by atoms with E-state index in [0.717, 1.165) is 0 Å². The van der Waals surface area contributed by atoms with Gasteiger partial charge in [-0.2, -0.15) is 13.1 Å². The van der Waals surface area contributed by atoms with E-state index in [9.17, 15) is 22.0 Å². The van der Waals surface area contributed by atoms with Crippen LogP contribution in [0.15, 0.2) is 0 Å². The average molecular weight is 257 g/mol. The Kier molecular flexibility index (Phi) is 4.20. The van der Waals surface area contributed by atoms with Gasteiger partial charge >= 0.3 is 11.7 Å². The van der Waals surface area contributed by atoms with Gasteiger partial charge in [-0.15, -0.1) is 0 Å². The first-order valence-electron chi connectivity index (χ1n) is 4.74. The average Bonchev–Trinajstić information content (AvgIpc) is 2.28. The predicted molar refractivity (Wildman–Crippen MR) is 51.2 cm³/mol. The SMILES string of the molecule is COC(=O)[C@H]1CCCN(S(=O)(=O)C(F)F)C1. The normalized spacial score (nSPS) is 23.4. The van der Waals surface area contributed by atoms with E-state index in [1.165, 1.54) is 7.11 Å². The topological polar surface area (TPSA) is 63.7 Å². The summed E-state index contributed by atoms with van der Waals surface area (Å²) in [5.74, 6) is -4.65. The number of sulfonamides is 1. The van der Waals surface area contributed by atoms with Crippen molar-refractivity contribution in [3.8, 4) is 0 Å². The molecule has 0 unspecified atom stereocenters. The Bertz CT molecular complexity index is 357. The van der Waals surface area contributed by atoms with Crippen molar-refractivity contribution in [1.29, 1.82) is 0 Å². The lowest BCUT2D eigenvalue weighted by atomic mass is 10.0. The van der Waals surface area contributed by atoms with Gasteiger partial charge in [-0.05, 0) is 12.8 Å². The van der Waals surface area contributed by atoms with Crippen molar-refractivity contribution in [3.05, 3.63) is 0 Å². The second-order valence-corrected chi connectivity index (χ2v) is 5.43. The number of methoxy groups -OCH3 is 1. The molecule has 8 heteroatoms. The molecular formula is C8H13F2NO4S. The maximum Gasteiger partial charge on any atom is 0.350 e. The summed E-state index contributed by atoms with van der Waals surface area (Å²) in [6.45, 7) is -0.195. The number of alkyl halides is 2. The lowest BCUT2D eigenvalue weighted by molar-refractivity contribution is -0.146. The Labute approximate surface area is 92.4 Å². The monoisotopic (exact) mass is 257 g/mol. The van der Waals surface area contributed by atoms with Crippen molar-refractivity contribution in [3.63, 3.8) is 0 Å². The van der Waals surface area contributed by atoms with Gasteiger partial charge in [0.2, 0.25) is 0 Å². The molecule has 94 valence electrons. The second-order valence-electron chi connectivity index (χ2n) is 3.53. The standard InChI is InChI=1S/C8H13F2NO4S/c1-15-7(12)6-3-2-4-11(5-6)16(13,14)8(9)10/h6,8H,2-5H2,1H3/t6-/m0/s1. The Morgan fingerprint density at radius 2 is 2.12 bits per heavy atom. The van der Waals surface area contributed by atoms with Gasteiger partial charge < -0.3 is 4.74 Å². The molecule has 0 amide bonds. The molecule has 1 aliphatic heterocycles. The highest BCUT2D eigenvalue weighted by molar-refractivity contribution is 7.89. The molecule has 0 radical (unpaired) electrons. The molecule has 0 N–H and O–H groups in total. The summed E-state index contributed by atoms with van der Waals surface area (Å²) in [6.07, 6.45) is 0.841. The molecule has 1 saturated heterocycles. The number of esters is 1. The zero-order chi connectivity index (χ0) is 12.3. The minimum Gasteiger partial charge on any atom is -0.469 e. The zero-order valence-electron chi connectivity index (χ0n) is 8.73. The second kappa shape index (κ2) is 5.05. The molecule has 1 rings (SSSR count). The molecule has 0 aromatic rings. The first kappa shape index (κ1) is 13.3. The van der Waals surface area contributed by atoms with Crippen LogP contribution >= 0.6 is 0 Å². The van der Waals surface area contributed by atoms with Crippen LogP contribution in [0.3, 0.4) is 0 Å². The molecule has 1 aliphatic rings. The van der Waals surface area contributed by atoms with E-state index in [1.54, 1.807) is 0 Å². The summed E-state index contributed by atoms with van der Waals surface area (Å²) in [6, 6.07) is 0. The lowest BCUT2D eigenvalue weighted by Crippen LogP contribution is -2.44. The first-order chi connectivity index (χ1) is 7.39. The maximum absolute atomic E-state index is 12.3. The fourth-order valence-corrected chi connectivity index (χ4v) is 2.64. The maximum atomic E-state index is 12.3. The number of ether oxygens (including phenoxy) is 1. The van der Waals surface area contributed by atoms with Crippen LogP contribution < -0.4 is 0 Å². The van der Waals surface area contributed by atoms with Gasteiger partial charge in [0.25, 0.3) is 10.0 Å². The number of carbonyl (C=O) groups excluding carboxylic acids is 1. The van der Waals surface area contributed by atoms with Crippen LogP contribution in [0.25, 0.3) is 0 Å². The molecular weight excluding hydrogens is 244 g/mol. The van der Waals surface area contributed by atoms with Gasteiger partial charge in [0.05, 0.1) is 13.0 Å². The predicted octanol–water partition coefficient (Wildman–Crippen LogP) is 0.424. The van der Waals surface area contributed by atoms with Crippen molar-refractivity contribution in [2.24, 2.45) is 5.92 Å². The molecule has 1 atom stereocenters. The first-order valence-corrected chi connectivity index (χ1v) is 6.25. The Hall–Kier alpha value is -0.760. The number of rotatable bonds is 3. The summed E-state index contributed by atoms with van der Waals surface area (Å²) >= 11 is 0. The van der Waals surface area contributed by atoms with Crippen molar-refractivity contribution in [2.45, 2.75) is 18.6 Å². The van der Waals surface area contributed by atoms with Gasteiger partial charge in [0.15, 0.2) is 0 Å². The minimum absolute atomic E-state index is 0.0279. The van der Waals surface area contributed by atoms with Crippen LogP contribution in [0.4, 0.5) is 8.78 Å². The molecule has 0 aromatic carbocycles. The third-order valence-corrected chi connectivity index (χ3v) is 4.01. The Morgan fingerprint density at radius 1 is 1.50 bits per heavy atom. The van der Waals surface area contributed by atoms with Crippen LogP contribution in [0.1, 0.15) is 12.8 Å². The molecule has 1 fully saturated rings. The van der Waals surface area contributed by atoms with Crippen LogP contribution in [-0.2, 0) is 19.6 Å². The Morgan fingerprint density at radius 3 is 2.62 bits per heavy atom. The molecule has 0 spiro atoms. The summed E-state index contributed by atoms with van der Waals surface area (Å²) < 4.78 is 52.0. The fraction of sp³-hybridized carbons (Fsp3) is 0.875. The molecule has 0 aliphatic carbocycles. The van der Waals surface area contributed by atoms with Crippen LogP contribution in [0.5, 0.6) is 0 Å². The summed E-state index contributed by atoms with van der Waals surface area (Å²) in [4.78, 5) is 11.2. The van der Waals surface area contributed by atoms with Crippen LogP contribution in [0, 0.1) is 5.92 Å². The van der Waals surface area contributed by atoms with Crippen LogP contribution in [-0.4, -0.2) is 44.6 Å². The van der Waals surface area contributed by atoms with E-state index in [2.05, 4.69) is 4.74 Å². The van der Waals surface area contributed by atoms with Crippen molar-refractivity contribution < 1.29 is 26.7 Å². The third kappa shape index (κ3) is 2.67. The fourth-order valence-electron chi connectivity index (χ4n) is 1.65. The lowest BCUT2D eigenvalue weighted by Gasteiger charge is -2.29. The van der Waals surface area contributed by atoms with Crippen molar-refractivity contribution in [2.75, 3.05) is 20.2 Å². The molecule has 0 bridgehead atoms. The molecule has 5 nitrogen and oxygen atoms in total. The number of hydrogen-bond acceptors (Lipinski definition) is 4. The summed E-state index contributed by atoms with van der Waals surface area (Å²) in [5.41, 5.74) is 0. The van der Waals surface area contributed by atoms with E-state index in [0.29, 0.717) is 17.1 Å². The highest BCUT2D eigenvalue weighted by Crippen LogP contribution is 2.23. The minimum atomic E-state index is -4.58. The highest BCUT2D eigenvalue weighted by atomic mass is 32.2. The highest BCUT2D eigenvalue weighted by Gasteiger charge is 2.37. The number of nitrogens with zero attached hydrogens (tertiary/aromatic N) is 1. The smallest absolute Gasteiger partial charge is 0.350 e. The molecule has 16 heavy (non-hydrogen) atoms. The van der Waals surface area contributed by atoms with Crippen LogP contribution in [0.2, 0.25) is 0 Å². The van der Waals surface area contributed by atoms with Gasteiger partial charge in [-0.25, -0.2) is 8.42 Å². The van der Waals surface area contributed by atoms with E-state index in [-0.39, 0.29) is 13.1 Å². The quantitative estimate of drug-likeness (QED) is 0.687. The number of piperidine rings is 1. The van der Waals surface area contributed by atoms with Gasteiger partial charge in [-0.3, -0.25) is 4.79 Å². The van der Waals surface area contributed by atoms with Crippen molar-refractivity contribution >= 4 is 16.0 Å². The molecule has 0 saturated carbocycles. The molecule has 1 heterocycles. The summed E-state index contributed by atoms with van der Waals surface area (Å²) in [7, 11) is -3.40. The third-order valence-electron chi connectivity index (χ3n) is 2.50. The van der Waals surface area contributed by atoms with E-state index in [1.807, 2.05) is 0 Å². The van der Waals surface area contributed by atoms with Gasteiger partial charge in [-0.1, -0.05) is 0 Å². The molecule has 0 aromatic heterocycles. The Balaban J connectivity index is 2.75.